The summed E-state index contributed by atoms with van der Waals surface area (Å²) in [6.45, 7) is 5.35. The molecule has 0 radical (unpaired) electrons. The number of ether oxygens (including phenoxy) is 1. The molecule has 1 aliphatic rings. The van der Waals surface area contributed by atoms with E-state index in [1.807, 2.05) is 0 Å². The Morgan fingerprint density at radius 3 is 2.73 bits per heavy atom. The predicted molar refractivity (Wildman–Crippen MR) is 97.1 cm³/mol. The van der Waals surface area contributed by atoms with Gasteiger partial charge in [-0.1, -0.05) is 12.8 Å². The number of aliphatic hydroxyl groups excluding tert-OH is 1. The van der Waals surface area contributed by atoms with Gasteiger partial charge in [0.2, 0.25) is 0 Å². The van der Waals surface area contributed by atoms with Gasteiger partial charge in [-0.3, -0.25) is 14.3 Å². The summed E-state index contributed by atoms with van der Waals surface area (Å²) in [5, 5.41) is 13.0. The van der Waals surface area contributed by atoms with Crippen molar-refractivity contribution in [1.29, 1.82) is 0 Å². The first-order valence-electron chi connectivity index (χ1n) is 8.94. The minimum atomic E-state index is -0.648. The topological polar surface area (TPSA) is 93.5 Å². The molecule has 0 unspecified atom stereocenters. The third-order valence-electron chi connectivity index (χ3n) is 4.44. The van der Waals surface area contributed by atoms with Gasteiger partial charge in [0.05, 0.1) is 23.2 Å². The highest BCUT2D eigenvalue weighted by Gasteiger charge is 2.28. The minimum absolute atomic E-state index is 0.278. The Morgan fingerprint density at radius 2 is 2.04 bits per heavy atom. The smallest absolute Gasteiger partial charge is 0.419 e. The van der Waals surface area contributed by atoms with Crippen molar-refractivity contribution in [2.45, 2.75) is 64.2 Å². The lowest BCUT2D eigenvalue weighted by molar-refractivity contribution is 0.0544. The summed E-state index contributed by atoms with van der Waals surface area (Å²) >= 11 is 0. The van der Waals surface area contributed by atoms with Gasteiger partial charge in [0.25, 0.3) is 5.91 Å². The molecular weight excluding hydrogens is 334 g/mol. The number of aromatic nitrogens is 2. The monoisotopic (exact) mass is 359 g/mol. The second-order valence-corrected chi connectivity index (χ2v) is 7.70. The van der Waals surface area contributed by atoms with Crippen molar-refractivity contribution in [2.24, 2.45) is 0 Å². The van der Waals surface area contributed by atoms with Crippen molar-refractivity contribution < 1.29 is 19.4 Å². The molecule has 0 saturated heterocycles. The standard InChI is InChI=1S/C19H25N3O4/c1-19(2,3)26-18(25)22-11-12(16-14(22)8-6-10-20-16)17(24)21-13-7-4-5-9-15(13)23/h6,8,10-11,13,15,23H,4-5,7,9H2,1-3H3,(H,21,24)/t13-,15-/m0/s1. The van der Waals surface area contributed by atoms with E-state index in [-0.39, 0.29) is 11.9 Å². The number of pyridine rings is 1. The van der Waals surface area contributed by atoms with Crippen LogP contribution in [0.2, 0.25) is 0 Å². The van der Waals surface area contributed by atoms with Gasteiger partial charge in [0.15, 0.2) is 0 Å². The molecule has 2 aromatic rings. The SMILES string of the molecule is CC(C)(C)OC(=O)n1cc(C(=O)N[C@H]2CCCC[C@@H]2O)c2ncccc21. The Labute approximate surface area is 152 Å². The normalized spacial score (nSPS) is 20.8. The molecule has 2 heterocycles. The summed E-state index contributed by atoms with van der Waals surface area (Å²) in [6, 6.07) is 3.15. The number of nitrogens with one attached hydrogen (secondary N) is 1. The highest BCUT2D eigenvalue weighted by atomic mass is 16.6. The molecule has 0 spiro atoms. The summed E-state index contributed by atoms with van der Waals surface area (Å²) in [5.41, 5.74) is 0.589. The molecule has 1 aliphatic carbocycles. The van der Waals surface area contributed by atoms with Gasteiger partial charge in [-0.2, -0.15) is 0 Å². The van der Waals surface area contributed by atoms with E-state index in [1.54, 1.807) is 39.1 Å². The van der Waals surface area contributed by atoms with E-state index in [1.165, 1.54) is 10.8 Å². The van der Waals surface area contributed by atoms with Gasteiger partial charge in [0, 0.05) is 12.4 Å². The molecule has 2 aromatic heterocycles. The quantitative estimate of drug-likeness (QED) is 0.860. The summed E-state index contributed by atoms with van der Waals surface area (Å²) in [4.78, 5) is 29.5. The fourth-order valence-corrected chi connectivity index (χ4v) is 3.21. The molecule has 2 N–H and O–H groups in total. The zero-order chi connectivity index (χ0) is 18.9. The number of carbonyl (C=O) groups excluding carboxylic acids is 2. The minimum Gasteiger partial charge on any atom is -0.443 e. The molecule has 140 valence electrons. The van der Waals surface area contributed by atoms with Crippen LogP contribution in [0.25, 0.3) is 11.0 Å². The first-order chi connectivity index (χ1) is 12.3. The lowest BCUT2D eigenvalue weighted by atomic mass is 9.92. The van der Waals surface area contributed by atoms with E-state index in [9.17, 15) is 14.7 Å². The van der Waals surface area contributed by atoms with Gasteiger partial charge in [-0.25, -0.2) is 4.79 Å². The fraction of sp³-hybridized carbons (Fsp3) is 0.526. The maximum Gasteiger partial charge on any atom is 0.419 e. The molecule has 1 saturated carbocycles. The van der Waals surface area contributed by atoms with Gasteiger partial charge >= 0.3 is 6.09 Å². The summed E-state index contributed by atoms with van der Waals surface area (Å²) in [5.74, 6) is -0.345. The summed E-state index contributed by atoms with van der Waals surface area (Å²) < 4.78 is 6.72. The highest BCUT2D eigenvalue weighted by Crippen LogP contribution is 2.23. The van der Waals surface area contributed by atoms with Crippen LogP contribution in [-0.2, 0) is 4.74 Å². The average molecular weight is 359 g/mol. The van der Waals surface area contributed by atoms with Crippen LogP contribution in [0.3, 0.4) is 0 Å². The summed E-state index contributed by atoms with van der Waals surface area (Å²) in [7, 11) is 0. The number of hydrogen-bond donors (Lipinski definition) is 2. The molecular formula is C19H25N3O4. The molecule has 2 atom stereocenters. The van der Waals surface area contributed by atoms with Crippen LogP contribution in [0.15, 0.2) is 24.5 Å². The lowest BCUT2D eigenvalue weighted by Crippen LogP contribution is -2.45. The number of nitrogens with zero attached hydrogens (tertiary/aromatic N) is 2. The molecule has 0 aliphatic heterocycles. The fourth-order valence-electron chi connectivity index (χ4n) is 3.21. The maximum atomic E-state index is 12.8. The van der Waals surface area contributed by atoms with Crippen molar-refractivity contribution in [3.05, 3.63) is 30.1 Å². The average Bonchev–Trinajstić information content (AvgIpc) is 2.95. The van der Waals surface area contributed by atoms with E-state index in [0.29, 0.717) is 23.0 Å². The van der Waals surface area contributed by atoms with Gasteiger partial charge in [-0.15, -0.1) is 0 Å². The Bertz CT molecular complexity index is 822. The van der Waals surface area contributed by atoms with Crippen molar-refractivity contribution in [3.8, 4) is 0 Å². The van der Waals surface area contributed by atoms with Crippen molar-refractivity contribution in [2.75, 3.05) is 0 Å². The number of aliphatic hydroxyl groups is 1. The maximum absolute atomic E-state index is 12.8. The largest absolute Gasteiger partial charge is 0.443 e. The van der Waals surface area contributed by atoms with E-state index < -0.39 is 17.8 Å². The van der Waals surface area contributed by atoms with Gasteiger partial charge < -0.3 is 15.2 Å². The van der Waals surface area contributed by atoms with Crippen LogP contribution in [0.4, 0.5) is 4.79 Å². The van der Waals surface area contributed by atoms with Crippen LogP contribution in [-0.4, -0.2) is 44.4 Å². The number of carbonyl (C=O) groups is 2. The zero-order valence-corrected chi connectivity index (χ0v) is 15.4. The predicted octanol–water partition coefficient (Wildman–Crippen LogP) is 2.85. The second kappa shape index (κ2) is 7.07. The molecule has 7 nitrogen and oxygen atoms in total. The van der Waals surface area contributed by atoms with Gasteiger partial charge in [-0.05, 0) is 45.7 Å². The Kier molecular flexibility index (Phi) is 5.00. The molecule has 0 bridgehead atoms. The van der Waals surface area contributed by atoms with E-state index in [0.717, 1.165) is 19.3 Å². The molecule has 1 amide bonds. The lowest BCUT2D eigenvalue weighted by Gasteiger charge is -2.28. The molecule has 26 heavy (non-hydrogen) atoms. The van der Waals surface area contributed by atoms with Crippen LogP contribution in [0.5, 0.6) is 0 Å². The third kappa shape index (κ3) is 3.88. The van der Waals surface area contributed by atoms with Gasteiger partial charge in [0.1, 0.15) is 11.1 Å². The van der Waals surface area contributed by atoms with Crippen LogP contribution in [0, 0.1) is 0 Å². The van der Waals surface area contributed by atoms with E-state index in [2.05, 4.69) is 10.3 Å². The van der Waals surface area contributed by atoms with Crippen molar-refractivity contribution >= 4 is 23.0 Å². The van der Waals surface area contributed by atoms with Crippen LogP contribution < -0.4 is 5.32 Å². The Hall–Kier alpha value is -2.41. The Morgan fingerprint density at radius 1 is 1.31 bits per heavy atom. The van der Waals surface area contributed by atoms with E-state index >= 15 is 0 Å². The summed E-state index contributed by atoms with van der Waals surface area (Å²) in [6.07, 6.45) is 5.29. The number of hydrogen-bond acceptors (Lipinski definition) is 5. The molecule has 1 fully saturated rings. The Balaban J connectivity index is 1.91. The third-order valence-corrected chi connectivity index (χ3v) is 4.44. The first kappa shape index (κ1) is 18.4. The van der Waals surface area contributed by atoms with Crippen molar-refractivity contribution in [1.82, 2.24) is 14.9 Å². The first-order valence-corrected chi connectivity index (χ1v) is 8.94. The van der Waals surface area contributed by atoms with Crippen LogP contribution >= 0.6 is 0 Å². The van der Waals surface area contributed by atoms with Crippen LogP contribution in [0.1, 0.15) is 56.8 Å². The molecule has 7 heteroatoms. The molecule has 0 aromatic carbocycles. The highest BCUT2D eigenvalue weighted by molar-refractivity contribution is 6.07. The van der Waals surface area contributed by atoms with E-state index in [4.69, 9.17) is 4.74 Å². The number of amides is 1. The number of fused-ring (bicyclic) bond motifs is 1. The number of rotatable bonds is 2. The van der Waals surface area contributed by atoms with Crippen molar-refractivity contribution in [3.63, 3.8) is 0 Å². The zero-order valence-electron chi connectivity index (χ0n) is 15.4. The second-order valence-electron chi connectivity index (χ2n) is 7.70. The molecule has 3 rings (SSSR count).